The molecule has 1 saturated heterocycles. The van der Waals surface area contributed by atoms with Gasteiger partial charge in [-0.2, -0.15) is 9.78 Å². The molecule has 1 amide bonds. The zero-order valence-electron chi connectivity index (χ0n) is 11.7. The van der Waals surface area contributed by atoms with E-state index in [2.05, 4.69) is 15.7 Å². The fourth-order valence-corrected chi connectivity index (χ4v) is 3.45. The third-order valence-electron chi connectivity index (χ3n) is 4.54. The van der Waals surface area contributed by atoms with Crippen LogP contribution in [0.1, 0.15) is 12.8 Å². The molecule has 2 N–H and O–H groups in total. The van der Waals surface area contributed by atoms with Crippen LogP contribution >= 0.6 is 0 Å². The van der Waals surface area contributed by atoms with Gasteiger partial charge in [-0.25, -0.2) is 4.79 Å². The predicted octanol–water partition coefficient (Wildman–Crippen LogP) is 1.86. The fraction of sp³-hybridized carbons (Fsp3) is 0.375. The Hall–Kier alpha value is -2.14. The summed E-state index contributed by atoms with van der Waals surface area (Å²) in [6, 6.07) is 10.5. The Bertz CT molecular complexity index is 651. The van der Waals surface area contributed by atoms with Gasteiger partial charge in [0.2, 0.25) is 0 Å². The molecule has 2 heterocycles. The van der Waals surface area contributed by atoms with Gasteiger partial charge in [0.1, 0.15) is 0 Å². The van der Waals surface area contributed by atoms with E-state index in [1.54, 1.807) is 12.4 Å². The highest BCUT2D eigenvalue weighted by molar-refractivity contribution is 5.77. The van der Waals surface area contributed by atoms with Gasteiger partial charge in [0.15, 0.2) is 0 Å². The molecule has 3 unspecified atom stereocenters. The standard InChI is InChI=1S/C16H18N4O/c21-16(19-15-7-11-6-14(15)17-8-11)20-10-13(9-18-20)12-4-2-1-3-5-12/h1-5,9-11,14-15,17H,6-8H2,(H,19,21). The van der Waals surface area contributed by atoms with Crippen molar-refractivity contribution < 1.29 is 4.79 Å². The van der Waals surface area contributed by atoms with Crippen LogP contribution in [-0.2, 0) is 0 Å². The number of rotatable bonds is 2. The first-order valence-corrected chi connectivity index (χ1v) is 7.44. The van der Waals surface area contributed by atoms with E-state index in [4.69, 9.17) is 0 Å². The first-order chi connectivity index (χ1) is 10.3. The maximum absolute atomic E-state index is 12.3. The summed E-state index contributed by atoms with van der Waals surface area (Å²) in [5.41, 5.74) is 2.02. The number of nitrogens with zero attached hydrogens (tertiary/aromatic N) is 2. The molecule has 1 aliphatic heterocycles. The van der Waals surface area contributed by atoms with E-state index in [9.17, 15) is 4.79 Å². The predicted molar refractivity (Wildman–Crippen MR) is 79.9 cm³/mol. The van der Waals surface area contributed by atoms with Crippen LogP contribution in [0.4, 0.5) is 4.79 Å². The molecule has 2 aliphatic rings. The summed E-state index contributed by atoms with van der Waals surface area (Å²) in [6.45, 7) is 1.09. The summed E-state index contributed by atoms with van der Waals surface area (Å²) in [6.07, 6.45) is 5.77. The molecule has 5 nitrogen and oxygen atoms in total. The smallest absolute Gasteiger partial charge is 0.332 e. The van der Waals surface area contributed by atoms with Crippen LogP contribution in [0.3, 0.4) is 0 Å². The normalized spacial score (nSPS) is 27.0. The molecule has 1 saturated carbocycles. The van der Waals surface area contributed by atoms with Gasteiger partial charge in [-0.15, -0.1) is 0 Å². The molecule has 108 valence electrons. The Morgan fingerprint density at radius 2 is 2.10 bits per heavy atom. The first-order valence-electron chi connectivity index (χ1n) is 7.44. The van der Waals surface area contributed by atoms with Crippen molar-refractivity contribution in [2.45, 2.75) is 24.9 Å². The van der Waals surface area contributed by atoms with Gasteiger partial charge in [0.05, 0.1) is 6.20 Å². The Labute approximate surface area is 123 Å². The molecule has 0 spiro atoms. The average molecular weight is 282 g/mol. The van der Waals surface area contributed by atoms with Crippen molar-refractivity contribution in [2.24, 2.45) is 5.92 Å². The van der Waals surface area contributed by atoms with E-state index in [0.717, 1.165) is 30.0 Å². The number of fused-ring (bicyclic) bond motifs is 2. The zero-order valence-corrected chi connectivity index (χ0v) is 11.7. The Morgan fingerprint density at radius 3 is 2.81 bits per heavy atom. The molecule has 0 radical (unpaired) electrons. The molecule has 5 heteroatoms. The summed E-state index contributed by atoms with van der Waals surface area (Å²) >= 11 is 0. The van der Waals surface area contributed by atoms with Crippen molar-refractivity contribution in [1.82, 2.24) is 20.4 Å². The molecule has 21 heavy (non-hydrogen) atoms. The lowest BCUT2D eigenvalue weighted by Gasteiger charge is -2.23. The first kappa shape index (κ1) is 12.6. The highest BCUT2D eigenvalue weighted by Gasteiger charge is 2.40. The van der Waals surface area contributed by atoms with E-state index >= 15 is 0 Å². The van der Waals surface area contributed by atoms with Crippen molar-refractivity contribution in [3.63, 3.8) is 0 Å². The monoisotopic (exact) mass is 282 g/mol. The molecular formula is C16H18N4O. The van der Waals surface area contributed by atoms with Gasteiger partial charge >= 0.3 is 6.03 Å². The number of piperidine rings is 1. The lowest BCUT2D eigenvalue weighted by atomic mass is 10.1. The second kappa shape index (κ2) is 5.00. The maximum Gasteiger partial charge on any atom is 0.342 e. The van der Waals surface area contributed by atoms with Crippen LogP contribution in [0, 0.1) is 5.92 Å². The summed E-state index contributed by atoms with van der Waals surface area (Å²) in [5.74, 6) is 0.720. The van der Waals surface area contributed by atoms with E-state index in [0.29, 0.717) is 6.04 Å². The fourth-order valence-electron chi connectivity index (χ4n) is 3.45. The van der Waals surface area contributed by atoms with Gasteiger partial charge in [0.25, 0.3) is 0 Å². The van der Waals surface area contributed by atoms with Crippen LogP contribution < -0.4 is 10.6 Å². The van der Waals surface area contributed by atoms with E-state index < -0.39 is 0 Å². The van der Waals surface area contributed by atoms with Crippen LogP contribution in [0.15, 0.2) is 42.7 Å². The minimum Gasteiger partial charge on any atom is -0.332 e. The number of amides is 1. The molecule has 1 aromatic carbocycles. The van der Waals surface area contributed by atoms with E-state index in [-0.39, 0.29) is 12.1 Å². The maximum atomic E-state index is 12.3. The molecular weight excluding hydrogens is 264 g/mol. The highest BCUT2D eigenvalue weighted by Crippen LogP contribution is 2.31. The van der Waals surface area contributed by atoms with Crippen molar-refractivity contribution in [1.29, 1.82) is 0 Å². The minimum atomic E-state index is -0.142. The lowest BCUT2D eigenvalue weighted by molar-refractivity contribution is 0.231. The van der Waals surface area contributed by atoms with Crippen LogP contribution in [-0.4, -0.2) is 34.4 Å². The average Bonchev–Trinajstić information content (AvgIpc) is 3.24. The quantitative estimate of drug-likeness (QED) is 0.884. The Morgan fingerprint density at radius 1 is 1.24 bits per heavy atom. The number of carbonyl (C=O) groups excluding carboxylic acids is 1. The van der Waals surface area contributed by atoms with Gasteiger partial charge in [-0.3, -0.25) is 0 Å². The van der Waals surface area contributed by atoms with Gasteiger partial charge in [-0.05, 0) is 30.9 Å². The SMILES string of the molecule is O=C(NC1CC2CNC1C2)n1cc(-c2ccccc2)cn1. The van der Waals surface area contributed by atoms with Gasteiger partial charge in [0, 0.05) is 23.8 Å². The third kappa shape index (κ3) is 2.34. The molecule has 4 rings (SSSR count). The van der Waals surface area contributed by atoms with Crippen molar-refractivity contribution in [3.8, 4) is 11.1 Å². The Balaban J connectivity index is 1.47. The van der Waals surface area contributed by atoms with E-state index in [1.807, 2.05) is 30.3 Å². The number of nitrogens with one attached hydrogen (secondary N) is 2. The molecule has 2 bridgehead atoms. The van der Waals surface area contributed by atoms with Gasteiger partial charge in [-0.1, -0.05) is 30.3 Å². The molecule has 2 fully saturated rings. The number of carbonyl (C=O) groups is 1. The third-order valence-corrected chi connectivity index (χ3v) is 4.54. The summed E-state index contributed by atoms with van der Waals surface area (Å²) in [7, 11) is 0. The lowest BCUT2D eigenvalue weighted by Crippen LogP contribution is -2.49. The summed E-state index contributed by atoms with van der Waals surface area (Å²) in [5, 5.41) is 10.7. The molecule has 2 aromatic rings. The van der Waals surface area contributed by atoms with Crippen molar-refractivity contribution >= 4 is 6.03 Å². The molecule has 1 aliphatic carbocycles. The Kier molecular flexibility index (Phi) is 3.00. The number of benzene rings is 1. The number of hydrogen-bond donors (Lipinski definition) is 2. The number of aromatic nitrogens is 2. The zero-order chi connectivity index (χ0) is 14.2. The van der Waals surface area contributed by atoms with Crippen LogP contribution in [0.2, 0.25) is 0 Å². The van der Waals surface area contributed by atoms with Crippen LogP contribution in [0.5, 0.6) is 0 Å². The van der Waals surface area contributed by atoms with Crippen molar-refractivity contribution in [3.05, 3.63) is 42.7 Å². The second-order valence-electron chi connectivity index (χ2n) is 5.95. The summed E-state index contributed by atoms with van der Waals surface area (Å²) in [4.78, 5) is 12.3. The van der Waals surface area contributed by atoms with Gasteiger partial charge < -0.3 is 10.6 Å². The molecule has 3 atom stereocenters. The van der Waals surface area contributed by atoms with E-state index in [1.165, 1.54) is 11.1 Å². The largest absolute Gasteiger partial charge is 0.342 e. The van der Waals surface area contributed by atoms with Crippen LogP contribution in [0.25, 0.3) is 11.1 Å². The summed E-state index contributed by atoms with van der Waals surface area (Å²) < 4.78 is 1.40. The topological polar surface area (TPSA) is 59.0 Å². The number of hydrogen-bond acceptors (Lipinski definition) is 3. The van der Waals surface area contributed by atoms with Crippen molar-refractivity contribution in [2.75, 3.05) is 6.54 Å². The molecule has 1 aromatic heterocycles. The highest BCUT2D eigenvalue weighted by atomic mass is 16.2. The second-order valence-corrected chi connectivity index (χ2v) is 5.95. The minimum absolute atomic E-state index is 0.142.